The van der Waals surface area contributed by atoms with Gasteiger partial charge in [-0.3, -0.25) is 0 Å². The van der Waals surface area contributed by atoms with Gasteiger partial charge in [0.15, 0.2) is 0 Å². The van der Waals surface area contributed by atoms with Crippen LogP contribution in [0.15, 0.2) is 12.2 Å². The second-order valence-corrected chi connectivity index (χ2v) is 3.07. The Kier molecular flexibility index (Phi) is 7.88. The summed E-state index contributed by atoms with van der Waals surface area (Å²) in [4.78, 5) is 0. The van der Waals surface area contributed by atoms with Crippen molar-refractivity contribution in [3.8, 4) is 0 Å². The molecule has 0 radical (unpaired) electrons. The van der Waals surface area contributed by atoms with Gasteiger partial charge in [-0.05, 0) is 23.8 Å². The van der Waals surface area contributed by atoms with Crippen molar-refractivity contribution in [1.82, 2.24) is 0 Å². The van der Waals surface area contributed by atoms with Gasteiger partial charge >= 0.3 is 0 Å². The van der Waals surface area contributed by atoms with E-state index in [9.17, 15) is 0 Å². The summed E-state index contributed by atoms with van der Waals surface area (Å²) in [5.74, 6) is 2.37. The monoisotopic (exact) mass is 176 g/mol. The van der Waals surface area contributed by atoms with Gasteiger partial charge in [-0.15, -0.1) is 0 Å². The zero-order chi connectivity index (χ0) is 7.82. The molecular formula is C8H16S2. The first-order valence-corrected chi connectivity index (χ1v) is 5.00. The summed E-state index contributed by atoms with van der Waals surface area (Å²) in [5.41, 5.74) is 0. The Morgan fingerprint density at radius 2 is 1.90 bits per heavy atom. The third kappa shape index (κ3) is 5.24. The van der Waals surface area contributed by atoms with E-state index in [1.54, 1.807) is 0 Å². The molecule has 0 aliphatic heterocycles. The standard InChI is InChI=1S/C8H16S2/c1-2-3-4-5-8(6-9)7-10/h4-5,8-10H,2-3,6-7H2,1H3/b5-4+. The molecule has 0 saturated heterocycles. The maximum atomic E-state index is 4.20. The van der Waals surface area contributed by atoms with Crippen molar-refractivity contribution in [3.05, 3.63) is 12.2 Å². The number of thiol groups is 2. The normalized spacial score (nSPS) is 11.6. The fourth-order valence-electron chi connectivity index (χ4n) is 0.635. The minimum atomic E-state index is 0.554. The summed E-state index contributed by atoms with van der Waals surface area (Å²) in [6, 6.07) is 0. The molecule has 0 rings (SSSR count). The SMILES string of the molecule is CCC/C=C/C(CS)CS. The van der Waals surface area contributed by atoms with Crippen LogP contribution in [0.3, 0.4) is 0 Å². The van der Waals surface area contributed by atoms with Crippen molar-refractivity contribution < 1.29 is 0 Å². The summed E-state index contributed by atoms with van der Waals surface area (Å²) in [7, 11) is 0. The van der Waals surface area contributed by atoms with Crippen molar-refractivity contribution in [3.63, 3.8) is 0 Å². The van der Waals surface area contributed by atoms with Crippen LogP contribution in [-0.4, -0.2) is 11.5 Å². The van der Waals surface area contributed by atoms with Gasteiger partial charge in [0.05, 0.1) is 0 Å². The van der Waals surface area contributed by atoms with Gasteiger partial charge in [-0.25, -0.2) is 0 Å². The van der Waals surface area contributed by atoms with Crippen LogP contribution in [-0.2, 0) is 0 Å². The minimum Gasteiger partial charge on any atom is -0.179 e. The van der Waals surface area contributed by atoms with E-state index in [1.165, 1.54) is 12.8 Å². The molecule has 0 aromatic carbocycles. The quantitative estimate of drug-likeness (QED) is 0.467. The Labute approximate surface area is 74.9 Å². The lowest BCUT2D eigenvalue weighted by atomic mass is 10.2. The molecule has 0 aromatic rings. The zero-order valence-electron chi connectivity index (χ0n) is 6.45. The van der Waals surface area contributed by atoms with E-state index in [4.69, 9.17) is 0 Å². The zero-order valence-corrected chi connectivity index (χ0v) is 8.24. The van der Waals surface area contributed by atoms with Crippen molar-refractivity contribution in [2.24, 2.45) is 5.92 Å². The van der Waals surface area contributed by atoms with Crippen LogP contribution in [0.1, 0.15) is 19.8 Å². The minimum absolute atomic E-state index is 0.554. The van der Waals surface area contributed by atoms with Gasteiger partial charge < -0.3 is 0 Å². The Hall–Kier alpha value is 0.440. The van der Waals surface area contributed by atoms with Crippen molar-refractivity contribution in [2.75, 3.05) is 11.5 Å². The van der Waals surface area contributed by atoms with E-state index in [0.717, 1.165) is 11.5 Å². The van der Waals surface area contributed by atoms with Crippen LogP contribution in [0, 0.1) is 5.92 Å². The third-order valence-electron chi connectivity index (χ3n) is 1.33. The molecule has 0 unspecified atom stereocenters. The number of rotatable bonds is 5. The van der Waals surface area contributed by atoms with E-state index in [2.05, 4.69) is 44.3 Å². The Morgan fingerprint density at radius 3 is 2.30 bits per heavy atom. The van der Waals surface area contributed by atoms with Gasteiger partial charge in [-0.1, -0.05) is 25.5 Å². The highest BCUT2D eigenvalue weighted by Gasteiger charge is 1.95. The topological polar surface area (TPSA) is 0 Å². The summed E-state index contributed by atoms with van der Waals surface area (Å²) in [5, 5.41) is 0. The van der Waals surface area contributed by atoms with Crippen molar-refractivity contribution >= 4 is 25.3 Å². The molecular weight excluding hydrogens is 160 g/mol. The van der Waals surface area contributed by atoms with Crippen LogP contribution in [0.25, 0.3) is 0 Å². The Morgan fingerprint density at radius 1 is 1.30 bits per heavy atom. The first-order valence-electron chi connectivity index (χ1n) is 3.73. The maximum absolute atomic E-state index is 4.20. The summed E-state index contributed by atoms with van der Waals surface area (Å²) in [6.07, 6.45) is 6.83. The molecule has 60 valence electrons. The van der Waals surface area contributed by atoms with Crippen LogP contribution >= 0.6 is 25.3 Å². The molecule has 0 saturated carbocycles. The lowest BCUT2D eigenvalue weighted by Gasteiger charge is -2.02. The van der Waals surface area contributed by atoms with Crippen LogP contribution in [0.4, 0.5) is 0 Å². The van der Waals surface area contributed by atoms with Gasteiger partial charge in [0.25, 0.3) is 0 Å². The fraction of sp³-hybridized carbons (Fsp3) is 0.750. The fourth-order valence-corrected chi connectivity index (χ4v) is 1.34. The molecule has 0 fully saturated rings. The van der Waals surface area contributed by atoms with Gasteiger partial charge in [0.1, 0.15) is 0 Å². The Balaban J connectivity index is 3.40. The number of allylic oxidation sites excluding steroid dienone is 2. The number of hydrogen-bond donors (Lipinski definition) is 2. The number of unbranched alkanes of at least 4 members (excludes halogenated alkanes) is 1. The van der Waals surface area contributed by atoms with Gasteiger partial charge in [0, 0.05) is 0 Å². The molecule has 0 bridgehead atoms. The molecule has 0 aliphatic rings. The lowest BCUT2D eigenvalue weighted by molar-refractivity contribution is 0.851. The molecule has 0 nitrogen and oxygen atoms in total. The van der Waals surface area contributed by atoms with Gasteiger partial charge in [-0.2, -0.15) is 25.3 Å². The van der Waals surface area contributed by atoms with E-state index in [1.807, 2.05) is 0 Å². The highest BCUT2D eigenvalue weighted by Crippen LogP contribution is 2.04. The second kappa shape index (κ2) is 7.55. The molecule has 0 aromatic heterocycles. The first kappa shape index (κ1) is 10.4. The largest absolute Gasteiger partial charge is 0.179 e. The van der Waals surface area contributed by atoms with E-state index < -0.39 is 0 Å². The van der Waals surface area contributed by atoms with Crippen molar-refractivity contribution in [1.29, 1.82) is 0 Å². The second-order valence-electron chi connectivity index (χ2n) is 2.34. The third-order valence-corrected chi connectivity index (χ3v) is 2.27. The average Bonchev–Trinajstić information content (AvgIpc) is 1.99. The maximum Gasteiger partial charge on any atom is -0.00270 e. The predicted molar refractivity (Wildman–Crippen MR) is 55.2 cm³/mol. The molecule has 0 atom stereocenters. The van der Waals surface area contributed by atoms with Crippen LogP contribution < -0.4 is 0 Å². The number of hydrogen-bond acceptors (Lipinski definition) is 2. The van der Waals surface area contributed by atoms with Gasteiger partial charge in [0.2, 0.25) is 0 Å². The predicted octanol–water partition coefficient (Wildman–Crippen LogP) is 2.82. The summed E-state index contributed by atoms with van der Waals surface area (Å²) in [6.45, 7) is 2.18. The summed E-state index contributed by atoms with van der Waals surface area (Å²) < 4.78 is 0. The molecule has 0 spiro atoms. The molecule has 2 heteroatoms. The average molecular weight is 176 g/mol. The van der Waals surface area contributed by atoms with E-state index in [-0.39, 0.29) is 0 Å². The molecule has 0 amide bonds. The molecule has 0 heterocycles. The van der Waals surface area contributed by atoms with Crippen molar-refractivity contribution in [2.45, 2.75) is 19.8 Å². The van der Waals surface area contributed by atoms with Crippen LogP contribution in [0.5, 0.6) is 0 Å². The molecule has 10 heavy (non-hydrogen) atoms. The highest BCUT2D eigenvalue weighted by molar-refractivity contribution is 7.81. The van der Waals surface area contributed by atoms with E-state index >= 15 is 0 Å². The molecule has 0 N–H and O–H groups in total. The molecule has 0 aliphatic carbocycles. The highest BCUT2D eigenvalue weighted by atomic mass is 32.1. The van der Waals surface area contributed by atoms with Crippen LogP contribution in [0.2, 0.25) is 0 Å². The first-order chi connectivity index (χ1) is 4.85. The van der Waals surface area contributed by atoms with E-state index in [0.29, 0.717) is 5.92 Å². The smallest absolute Gasteiger partial charge is 0.00270 e. The summed E-state index contributed by atoms with van der Waals surface area (Å²) >= 11 is 8.40. The lowest BCUT2D eigenvalue weighted by Crippen LogP contribution is -1.98. The Bertz CT molecular complexity index is 85.3.